The molecule has 1 N–H and O–H groups in total. The first-order chi connectivity index (χ1) is 8.11. The van der Waals surface area contributed by atoms with Gasteiger partial charge in [-0.2, -0.15) is 0 Å². The third-order valence-corrected chi connectivity index (χ3v) is 4.41. The van der Waals surface area contributed by atoms with E-state index in [0.717, 1.165) is 4.88 Å². The zero-order valence-corrected chi connectivity index (χ0v) is 12.5. The first-order valence-corrected chi connectivity index (χ1v) is 6.97. The predicted molar refractivity (Wildman–Crippen MR) is 76.6 cm³/mol. The van der Waals surface area contributed by atoms with Crippen LogP contribution in [0.3, 0.4) is 0 Å². The maximum Gasteiger partial charge on any atom is 0.264 e. The summed E-state index contributed by atoms with van der Waals surface area (Å²) in [4.78, 5) is 19.7. The Balaban J connectivity index is 2.52. The van der Waals surface area contributed by atoms with Crippen LogP contribution in [0.5, 0.6) is 0 Å². The van der Waals surface area contributed by atoms with Crippen LogP contribution in [0.4, 0.5) is 0 Å². The molecule has 2 rings (SSSR count). The Kier molecular flexibility index (Phi) is 4.18. The van der Waals surface area contributed by atoms with Gasteiger partial charge in [0.2, 0.25) is 0 Å². The van der Waals surface area contributed by atoms with Gasteiger partial charge >= 0.3 is 0 Å². The highest BCUT2D eigenvalue weighted by Gasteiger charge is 2.11. The molecular formula is C10H8ClIN2O2S. The van der Waals surface area contributed by atoms with E-state index in [2.05, 4.69) is 9.97 Å². The van der Waals surface area contributed by atoms with Gasteiger partial charge in [0.05, 0.1) is 22.2 Å². The lowest BCUT2D eigenvalue weighted by Gasteiger charge is -2.04. The molecule has 0 radical (unpaired) electrons. The normalized spacial score (nSPS) is 10.8. The van der Waals surface area contributed by atoms with E-state index in [4.69, 9.17) is 16.3 Å². The monoisotopic (exact) mass is 382 g/mol. The highest BCUT2D eigenvalue weighted by atomic mass is 127. The second kappa shape index (κ2) is 5.47. The van der Waals surface area contributed by atoms with Crippen LogP contribution in [-0.4, -0.2) is 17.1 Å². The summed E-state index contributed by atoms with van der Waals surface area (Å²) < 4.78 is 5.57. The van der Waals surface area contributed by atoms with Crippen LogP contribution < -0.4 is 5.56 Å². The van der Waals surface area contributed by atoms with Gasteiger partial charge in [0.1, 0.15) is 3.57 Å². The van der Waals surface area contributed by atoms with Crippen LogP contribution in [0.1, 0.15) is 5.69 Å². The maximum absolute atomic E-state index is 11.7. The summed E-state index contributed by atoms with van der Waals surface area (Å²) in [5, 5.41) is 2.43. The van der Waals surface area contributed by atoms with Crippen LogP contribution in [0, 0.1) is 3.57 Å². The number of hydrogen-bond donors (Lipinski definition) is 1. The number of nitrogens with zero attached hydrogens (tertiary/aromatic N) is 1. The van der Waals surface area contributed by atoms with E-state index < -0.39 is 0 Å². The number of H-pyrrole nitrogens is 1. The van der Waals surface area contributed by atoms with Crippen LogP contribution in [-0.2, 0) is 11.3 Å². The van der Waals surface area contributed by atoms with Gasteiger partial charge in [-0.1, -0.05) is 11.6 Å². The Morgan fingerprint density at radius 2 is 2.41 bits per heavy atom. The number of nitrogens with one attached hydrogen (secondary N) is 1. The van der Waals surface area contributed by atoms with Gasteiger partial charge in [0.25, 0.3) is 5.56 Å². The van der Waals surface area contributed by atoms with Crippen molar-refractivity contribution in [3.63, 3.8) is 0 Å². The Hall–Kier alpha value is -0.440. The molecule has 0 spiro atoms. The van der Waals surface area contributed by atoms with Crippen molar-refractivity contribution >= 4 is 45.5 Å². The van der Waals surface area contributed by atoms with Gasteiger partial charge in [-0.15, -0.1) is 11.3 Å². The van der Waals surface area contributed by atoms with E-state index in [-0.39, 0.29) is 5.56 Å². The van der Waals surface area contributed by atoms with E-state index in [1.807, 2.05) is 22.6 Å². The van der Waals surface area contributed by atoms with Gasteiger partial charge in [-0.3, -0.25) is 4.79 Å². The average Bonchev–Trinajstić information content (AvgIpc) is 2.71. The molecule has 0 aliphatic rings. The second-order valence-electron chi connectivity index (χ2n) is 3.24. The first-order valence-electron chi connectivity index (χ1n) is 4.64. The molecule has 17 heavy (non-hydrogen) atoms. The summed E-state index contributed by atoms with van der Waals surface area (Å²) in [6.45, 7) is 0.314. The van der Waals surface area contributed by atoms with E-state index in [9.17, 15) is 4.79 Å². The van der Waals surface area contributed by atoms with Gasteiger partial charge in [-0.25, -0.2) is 4.98 Å². The quantitative estimate of drug-likeness (QED) is 0.831. The van der Waals surface area contributed by atoms with E-state index in [1.54, 1.807) is 18.6 Å². The second-order valence-corrected chi connectivity index (χ2v) is 5.66. The Labute approximate surface area is 120 Å². The van der Waals surface area contributed by atoms with Gasteiger partial charge in [0, 0.05) is 12.5 Å². The van der Waals surface area contributed by atoms with Crippen molar-refractivity contribution in [3.05, 3.63) is 36.1 Å². The van der Waals surface area contributed by atoms with Crippen molar-refractivity contribution in [2.45, 2.75) is 6.61 Å². The zero-order chi connectivity index (χ0) is 12.4. The van der Waals surface area contributed by atoms with Crippen LogP contribution in [0.25, 0.3) is 10.7 Å². The van der Waals surface area contributed by atoms with Crippen molar-refractivity contribution in [3.8, 4) is 10.7 Å². The molecule has 7 heteroatoms. The van der Waals surface area contributed by atoms with Crippen LogP contribution >= 0.6 is 45.5 Å². The van der Waals surface area contributed by atoms with Gasteiger partial charge < -0.3 is 9.72 Å². The topological polar surface area (TPSA) is 55.0 Å². The minimum Gasteiger partial charge on any atom is -0.378 e. The third kappa shape index (κ3) is 2.87. The number of rotatable bonds is 3. The fraction of sp³-hybridized carbons (Fsp3) is 0.200. The minimum absolute atomic E-state index is 0.160. The summed E-state index contributed by atoms with van der Waals surface area (Å²) in [7, 11) is 1.57. The number of aromatic nitrogens is 2. The summed E-state index contributed by atoms with van der Waals surface area (Å²) in [5.41, 5.74) is 0.476. The van der Waals surface area contributed by atoms with Crippen LogP contribution in [0.2, 0.25) is 5.02 Å². The molecule has 0 aliphatic heterocycles. The lowest BCUT2D eigenvalue weighted by Crippen LogP contribution is -2.16. The fourth-order valence-electron chi connectivity index (χ4n) is 1.29. The molecule has 0 saturated heterocycles. The number of thiophene rings is 1. The number of halogens is 2. The molecular weight excluding hydrogens is 375 g/mol. The fourth-order valence-corrected chi connectivity index (χ4v) is 2.72. The van der Waals surface area contributed by atoms with E-state index in [0.29, 0.717) is 26.7 Å². The Bertz CT molecular complexity index is 596. The Morgan fingerprint density at radius 3 is 3.00 bits per heavy atom. The molecule has 0 atom stereocenters. The standard InChI is InChI=1S/C10H8ClIN2O2S/c1-16-3-6-8(12)10(15)14-9(13-6)7-2-5(11)4-17-7/h2,4H,3H2,1H3,(H,13,14,15). The Morgan fingerprint density at radius 1 is 1.65 bits per heavy atom. The van der Waals surface area contributed by atoms with Crippen molar-refractivity contribution in [1.29, 1.82) is 0 Å². The summed E-state index contributed by atoms with van der Waals surface area (Å²) in [6.07, 6.45) is 0. The van der Waals surface area contributed by atoms with Crippen molar-refractivity contribution in [2.24, 2.45) is 0 Å². The van der Waals surface area contributed by atoms with E-state index in [1.165, 1.54) is 11.3 Å². The summed E-state index contributed by atoms with van der Waals surface area (Å²) >= 11 is 9.24. The number of ether oxygens (including phenoxy) is 1. The molecule has 2 aromatic heterocycles. The molecule has 0 aromatic carbocycles. The highest BCUT2D eigenvalue weighted by Crippen LogP contribution is 2.27. The largest absolute Gasteiger partial charge is 0.378 e. The van der Waals surface area contributed by atoms with Crippen molar-refractivity contribution < 1.29 is 4.74 Å². The molecule has 0 aliphatic carbocycles. The molecule has 0 amide bonds. The SMILES string of the molecule is COCc1nc(-c2cc(Cl)cs2)[nH]c(=O)c1I. The zero-order valence-electron chi connectivity index (χ0n) is 8.79. The van der Waals surface area contributed by atoms with Crippen LogP contribution in [0.15, 0.2) is 16.2 Å². The predicted octanol–water partition coefficient (Wildman–Crippen LogP) is 2.90. The number of hydrogen-bond acceptors (Lipinski definition) is 4. The maximum atomic E-state index is 11.7. The molecule has 0 fully saturated rings. The van der Waals surface area contributed by atoms with Gasteiger partial charge in [0.15, 0.2) is 5.82 Å². The molecule has 90 valence electrons. The molecule has 0 bridgehead atoms. The summed E-state index contributed by atoms with van der Waals surface area (Å²) in [6, 6.07) is 1.77. The van der Waals surface area contributed by atoms with Crippen molar-refractivity contribution in [2.75, 3.05) is 7.11 Å². The first kappa shape index (κ1) is 13.0. The average molecular weight is 383 g/mol. The van der Waals surface area contributed by atoms with E-state index >= 15 is 0 Å². The number of aromatic amines is 1. The molecule has 2 heterocycles. The lowest BCUT2D eigenvalue weighted by atomic mass is 10.4. The van der Waals surface area contributed by atoms with Crippen molar-refractivity contribution in [1.82, 2.24) is 9.97 Å². The van der Waals surface area contributed by atoms with Gasteiger partial charge in [-0.05, 0) is 28.7 Å². The molecule has 0 unspecified atom stereocenters. The molecule has 2 aromatic rings. The summed E-state index contributed by atoms with van der Waals surface area (Å²) in [5.74, 6) is 0.527. The number of methoxy groups -OCH3 is 1. The smallest absolute Gasteiger partial charge is 0.264 e. The molecule has 0 saturated carbocycles. The molecule has 4 nitrogen and oxygen atoms in total. The lowest BCUT2D eigenvalue weighted by molar-refractivity contribution is 0.180. The third-order valence-electron chi connectivity index (χ3n) is 2.01. The minimum atomic E-state index is -0.160. The highest BCUT2D eigenvalue weighted by molar-refractivity contribution is 14.1.